The molecule has 1 aliphatic rings. The Morgan fingerprint density at radius 2 is 1.67 bits per heavy atom. The van der Waals surface area contributed by atoms with E-state index in [1.165, 1.54) is 9.13 Å². The number of sulfone groups is 1. The summed E-state index contributed by atoms with van der Waals surface area (Å²) in [5.74, 6) is 1.62. The van der Waals surface area contributed by atoms with E-state index >= 15 is 0 Å². The van der Waals surface area contributed by atoms with Gasteiger partial charge in [-0.15, -0.1) is 0 Å². The minimum atomic E-state index is -2.91. The van der Waals surface area contributed by atoms with E-state index in [1.54, 1.807) is 18.5 Å². The lowest BCUT2D eigenvalue weighted by Gasteiger charge is -2.23. The van der Waals surface area contributed by atoms with E-state index in [4.69, 9.17) is 4.74 Å². The highest BCUT2D eigenvalue weighted by atomic mass is 32.2. The number of aromatic nitrogens is 4. The first-order valence-corrected chi connectivity index (χ1v) is 12.9. The third-order valence-electron chi connectivity index (χ3n) is 6.02. The van der Waals surface area contributed by atoms with Crippen molar-refractivity contribution in [3.05, 3.63) is 56.5 Å². The van der Waals surface area contributed by atoms with Gasteiger partial charge in [0.05, 0.1) is 11.5 Å². The van der Waals surface area contributed by atoms with Crippen molar-refractivity contribution in [3.8, 4) is 5.75 Å². The van der Waals surface area contributed by atoms with Gasteiger partial charge >= 0.3 is 5.69 Å². The van der Waals surface area contributed by atoms with Gasteiger partial charge in [0, 0.05) is 20.1 Å². The molecule has 0 N–H and O–H groups in total. The Labute approximate surface area is 191 Å². The SMILES string of the molecule is CCn1c(=O)c2c(nc(C=Cc3ccc(OC4CCS(=O)(=O)CC4)cc3)n2C)n(CC)c1=O. The smallest absolute Gasteiger partial charge is 0.332 e. The second-order valence-electron chi connectivity index (χ2n) is 8.15. The molecule has 0 spiro atoms. The summed E-state index contributed by atoms with van der Waals surface area (Å²) in [7, 11) is -1.15. The van der Waals surface area contributed by atoms with Crippen molar-refractivity contribution >= 4 is 33.2 Å². The molecule has 9 nitrogen and oxygen atoms in total. The number of hydrogen-bond acceptors (Lipinski definition) is 6. The molecular weight excluding hydrogens is 444 g/mol. The molecule has 0 aliphatic carbocycles. The lowest BCUT2D eigenvalue weighted by molar-refractivity contribution is 0.189. The van der Waals surface area contributed by atoms with Crippen LogP contribution in [0.5, 0.6) is 5.75 Å². The Kier molecular flexibility index (Phi) is 6.29. The van der Waals surface area contributed by atoms with Crippen molar-refractivity contribution in [2.24, 2.45) is 7.05 Å². The van der Waals surface area contributed by atoms with Gasteiger partial charge in [0.1, 0.15) is 17.7 Å². The van der Waals surface area contributed by atoms with Crippen molar-refractivity contribution in [2.75, 3.05) is 11.5 Å². The lowest BCUT2D eigenvalue weighted by atomic mass is 10.2. The zero-order chi connectivity index (χ0) is 23.8. The fourth-order valence-corrected chi connectivity index (χ4v) is 5.55. The van der Waals surface area contributed by atoms with E-state index < -0.39 is 9.84 Å². The molecule has 10 heteroatoms. The standard InChI is InChI=1S/C23H28N4O5S/c1-4-26-21-20(22(28)27(5-2)23(26)29)25(3)19(24-21)11-8-16-6-9-17(10-7-16)32-18-12-14-33(30,31)15-13-18/h6-11,18H,4-5,12-15H2,1-3H3. The Morgan fingerprint density at radius 1 is 1.03 bits per heavy atom. The average Bonchev–Trinajstić information content (AvgIpc) is 3.11. The Balaban J connectivity index is 1.56. The van der Waals surface area contributed by atoms with Crippen LogP contribution in [0.25, 0.3) is 23.3 Å². The summed E-state index contributed by atoms with van der Waals surface area (Å²) in [5.41, 5.74) is 1.01. The van der Waals surface area contributed by atoms with Crippen LogP contribution >= 0.6 is 0 Å². The highest BCUT2D eigenvalue weighted by molar-refractivity contribution is 7.91. The summed E-state index contributed by atoms with van der Waals surface area (Å²) in [6.07, 6.45) is 4.63. The number of aryl methyl sites for hydroxylation is 2. The van der Waals surface area contributed by atoms with Gasteiger partial charge in [0.15, 0.2) is 21.0 Å². The normalized spacial score (nSPS) is 16.6. The molecule has 3 aromatic rings. The van der Waals surface area contributed by atoms with E-state index in [9.17, 15) is 18.0 Å². The summed E-state index contributed by atoms with van der Waals surface area (Å²) in [6.45, 7) is 4.35. The zero-order valence-corrected chi connectivity index (χ0v) is 19.8. The number of fused-ring (bicyclic) bond motifs is 1. The number of benzene rings is 1. The zero-order valence-electron chi connectivity index (χ0n) is 19.0. The maximum atomic E-state index is 12.8. The molecule has 1 fully saturated rings. The highest BCUT2D eigenvalue weighted by Gasteiger charge is 2.24. The van der Waals surface area contributed by atoms with Gasteiger partial charge in [-0.2, -0.15) is 0 Å². The van der Waals surface area contributed by atoms with Crippen LogP contribution in [0.1, 0.15) is 38.1 Å². The lowest BCUT2D eigenvalue weighted by Crippen LogP contribution is -2.39. The third kappa shape index (κ3) is 4.52. The maximum absolute atomic E-state index is 12.8. The van der Waals surface area contributed by atoms with E-state index in [0.29, 0.717) is 48.7 Å². The molecular formula is C23H28N4O5S. The molecule has 0 saturated carbocycles. The predicted molar refractivity (Wildman–Crippen MR) is 128 cm³/mol. The number of imidazole rings is 1. The topological polar surface area (TPSA) is 105 Å². The van der Waals surface area contributed by atoms with Gasteiger partial charge < -0.3 is 9.30 Å². The van der Waals surface area contributed by atoms with E-state index in [1.807, 2.05) is 43.3 Å². The van der Waals surface area contributed by atoms with Crippen LogP contribution in [-0.4, -0.2) is 44.7 Å². The first-order valence-electron chi connectivity index (χ1n) is 11.1. The van der Waals surface area contributed by atoms with E-state index in [2.05, 4.69) is 4.98 Å². The van der Waals surface area contributed by atoms with Crippen molar-refractivity contribution in [3.63, 3.8) is 0 Å². The highest BCUT2D eigenvalue weighted by Crippen LogP contribution is 2.21. The van der Waals surface area contributed by atoms with E-state index in [0.717, 1.165) is 5.56 Å². The second kappa shape index (κ2) is 9.01. The predicted octanol–water partition coefficient (Wildman–Crippen LogP) is 2.06. The molecule has 3 heterocycles. The molecule has 4 rings (SSSR count). The molecule has 0 unspecified atom stereocenters. The van der Waals surface area contributed by atoms with Gasteiger partial charge in [0.25, 0.3) is 5.56 Å². The summed E-state index contributed by atoms with van der Waals surface area (Å²) < 4.78 is 33.5. The number of hydrogen-bond donors (Lipinski definition) is 0. The third-order valence-corrected chi connectivity index (χ3v) is 7.73. The van der Waals surface area contributed by atoms with Crippen molar-refractivity contribution in [1.29, 1.82) is 0 Å². The van der Waals surface area contributed by atoms with Crippen molar-refractivity contribution in [1.82, 2.24) is 18.7 Å². The van der Waals surface area contributed by atoms with Crippen LogP contribution in [-0.2, 0) is 30.0 Å². The van der Waals surface area contributed by atoms with Crippen LogP contribution in [0.2, 0.25) is 0 Å². The summed E-state index contributed by atoms with van der Waals surface area (Å²) in [6, 6.07) is 7.51. The molecule has 176 valence electrons. The molecule has 0 amide bonds. The molecule has 1 aliphatic heterocycles. The van der Waals surface area contributed by atoms with Crippen LogP contribution < -0.4 is 16.0 Å². The fraction of sp³-hybridized carbons (Fsp3) is 0.435. The van der Waals surface area contributed by atoms with Crippen LogP contribution in [0.4, 0.5) is 0 Å². The van der Waals surface area contributed by atoms with Gasteiger partial charge in [-0.3, -0.25) is 13.9 Å². The van der Waals surface area contributed by atoms with Crippen molar-refractivity contribution in [2.45, 2.75) is 45.9 Å². The molecule has 33 heavy (non-hydrogen) atoms. The van der Waals surface area contributed by atoms with Crippen LogP contribution in [0.3, 0.4) is 0 Å². The minimum absolute atomic E-state index is 0.0850. The first-order chi connectivity index (χ1) is 15.7. The Morgan fingerprint density at radius 3 is 2.27 bits per heavy atom. The van der Waals surface area contributed by atoms with E-state index in [-0.39, 0.29) is 28.9 Å². The van der Waals surface area contributed by atoms with Gasteiger partial charge in [-0.25, -0.2) is 18.2 Å². The van der Waals surface area contributed by atoms with Crippen LogP contribution in [0, 0.1) is 0 Å². The summed E-state index contributed by atoms with van der Waals surface area (Å²) in [5, 5.41) is 0. The van der Waals surface area contributed by atoms with Gasteiger partial charge in [0.2, 0.25) is 0 Å². The number of nitrogens with zero attached hydrogens (tertiary/aromatic N) is 4. The fourth-order valence-electron chi connectivity index (χ4n) is 4.10. The number of ether oxygens (including phenoxy) is 1. The second-order valence-corrected chi connectivity index (χ2v) is 10.5. The molecule has 0 atom stereocenters. The van der Waals surface area contributed by atoms with Gasteiger partial charge in [-0.05, 0) is 50.5 Å². The van der Waals surface area contributed by atoms with Crippen LogP contribution in [0.15, 0.2) is 33.9 Å². The Hall–Kier alpha value is -3.14. The largest absolute Gasteiger partial charge is 0.490 e. The molecule has 0 bridgehead atoms. The summed E-state index contributed by atoms with van der Waals surface area (Å²) in [4.78, 5) is 30.0. The van der Waals surface area contributed by atoms with Crippen molar-refractivity contribution < 1.29 is 13.2 Å². The minimum Gasteiger partial charge on any atom is -0.490 e. The monoisotopic (exact) mass is 472 g/mol. The van der Waals surface area contributed by atoms with Gasteiger partial charge in [-0.1, -0.05) is 18.2 Å². The Bertz CT molecular complexity index is 1410. The molecule has 0 radical (unpaired) electrons. The maximum Gasteiger partial charge on any atom is 0.332 e. The molecule has 1 saturated heterocycles. The molecule has 2 aromatic heterocycles. The molecule has 1 aromatic carbocycles. The first kappa shape index (κ1) is 23.0. The summed E-state index contributed by atoms with van der Waals surface area (Å²) >= 11 is 0. The quantitative estimate of drug-likeness (QED) is 0.544. The number of rotatable bonds is 6. The average molecular weight is 473 g/mol.